The fourth-order valence-corrected chi connectivity index (χ4v) is 4.23. The van der Waals surface area contributed by atoms with E-state index in [1.165, 1.54) is 17.4 Å². The van der Waals surface area contributed by atoms with Gasteiger partial charge in [0.1, 0.15) is 0 Å². The molecule has 158 valence electrons. The highest BCUT2D eigenvalue weighted by Crippen LogP contribution is 2.27. The van der Waals surface area contributed by atoms with E-state index in [1.54, 1.807) is 11.8 Å². The molecule has 2 aromatic carbocycles. The Bertz CT molecular complexity index is 956. The van der Waals surface area contributed by atoms with Crippen LogP contribution < -0.4 is 10.2 Å². The predicted molar refractivity (Wildman–Crippen MR) is 125 cm³/mol. The van der Waals surface area contributed by atoms with Crippen LogP contribution >= 0.6 is 23.5 Å². The molecule has 8 heteroatoms. The summed E-state index contributed by atoms with van der Waals surface area (Å²) in [6, 6.07) is 15.9. The molecular formula is C22H26N4O2S2. The van der Waals surface area contributed by atoms with E-state index in [-0.39, 0.29) is 5.91 Å². The van der Waals surface area contributed by atoms with Crippen LogP contribution in [0.4, 0.5) is 11.4 Å². The lowest BCUT2D eigenvalue weighted by Crippen LogP contribution is -2.21. The Morgan fingerprint density at radius 2 is 1.80 bits per heavy atom. The van der Waals surface area contributed by atoms with E-state index in [1.807, 2.05) is 42.7 Å². The standard InChI is InChI=1S/C22H26N4O2S2/c1-4-26(5-2)17-12-10-16(11-13-17)21-24-25-22(28-21)30-15-14-20(27)23-18-8-6-7-9-19(18)29-3/h6-13H,4-5,14-15H2,1-3H3,(H,23,27). The third-order valence-corrected chi connectivity index (χ3v) is 6.20. The van der Waals surface area contributed by atoms with Crippen LogP contribution in [0.25, 0.3) is 11.5 Å². The number of nitrogens with zero attached hydrogens (tertiary/aromatic N) is 3. The smallest absolute Gasteiger partial charge is 0.276 e. The van der Waals surface area contributed by atoms with E-state index in [0.717, 1.165) is 29.2 Å². The van der Waals surface area contributed by atoms with Gasteiger partial charge in [-0.15, -0.1) is 22.0 Å². The van der Waals surface area contributed by atoms with Gasteiger partial charge in [0, 0.05) is 41.4 Å². The number of rotatable bonds is 10. The molecule has 3 rings (SSSR count). The Morgan fingerprint density at radius 1 is 1.07 bits per heavy atom. The van der Waals surface area contributed by atoms with Crippen LogP contribution in [-0.4, -0.2) is 41.2 Å². The molecule has 0 unspecified atom stereocenters. The quantitative estimate of drug-likeness (QED) is 0.420. The molecule has 0 aliphatic carbocycles. The molecule has 0 atom stereocenters. The molecule has 3 aromatic rings. The Morgan fingerprint density at radius 3 is 2.50 bits per heavy atom. The van der Waals surface area contributed by atoms with Crippen molar-refractivity contribution in [3.05, 3.63) is 48.5 Å². The van der Waals surface area contributed by atoms with Crippen LogP contribution in [0.5, 0.6) is 0 Å². The van der Waals surface area contributed by atoms with Gasteiger partial charge < -0.3 is 14.6 Å². The summed E-state index contributed by atoms with van der Waals surface area (Å²) in [5, 5.41) is 11.7. The molecule has 0 spiro atoms. The number of benzene rings is 2. The summed E-state index contributed by atoms with van der Waals surface area (Å²) in [6.45, 7) is 6.21. The van der Waals surface area contributed by atoms with Gasteiger partial charge in [-0.1, -0.05) is 23.9 Å². The number of anilines is 2. The van der Waals surface area contributed by atoms with E-state index < -0.39 is 0 Å². The van der Waals surface area contributed by atoms with Gasteiger partial charge >= 0.3 is 0 Å². The van der Waals surface area contributed by atoms with Gasteiger partial charge in [-0.05, 0) is 56.5 Å². The molecule has 6 nitrogen and oxygen atoms in total. The Kier molecular flexibility index (Phi) is 8.21. The Labute approximate surface area is 185 Å². The van der Waals surface area contributed by atoms with Gasteiger partial charge in [0.15, 0.2) is 0 Å². The van der Waals surface area contributed by atoms with Crippen LogP contribution in [0.15, 0.2) is 63.1 Å². The summed E-state index contributed by atoms with van der Waals surface area (Å²) >= 11 is 2.99. The van der Waals surface area contributed by atoms with Crippen molar-refractivity contribution < 1.29 is 9.21 Å². The van der Waals surface area contributed by atoms with Gasteiger partial charge in [0.2, 0.25) is 11.8 Å². The minimum Gasteiger partial charge on any atom is -0.411 e. The van der Waals surface area contributed by atoms with Crippen molar-refractivity contribution >= 4 is 40.8 Å². The van der Waals surface area contributed by atoms with Gasteiger partial charge in [0.05, 0.1) is 5.69 Å². The molecule has 30 heavy (non-hydrogen) atoms. The third-order valence-electron chi connectivity index (χ3n) is 4.59. The number of thioether (sulfide) groups is 2. The fourth-order valence-electron chi connectivity index (χ4n) is 2.98. The second-order valence-corrected chi connectivity index (χ2v) is 8.33. The maximum atomic E-state index is 12.2. The summed E-state index contributed by atoms with van der Waals surface area (Å²) in [7, 11) is 0. The zero-order chi connectivity index (χ0) is 21.3. The number of aromatic nitrogens is 2. The Hall–Kier alpha value is -2.45. The highest BCUT2D eigenvalue weighted by molar-refractivity contribution is 7.99. The number of carbonyl (C=O) groups excluding carboxylic acids is 1. The lowest BCUT2D eigenvalue weighted by molar-refractivity contribution is -0.115. The monoisotopic (exact) mass is 442 g/mol. The van der Waals surface area contributed by atoms with Gasteiger partial charge in [-0.25, -0.2) is 0 Å². The topological polar surface area (TPSA) is 71.3 Å². The molecule has 0 aliphatic rings. The summed E-state index contributed by atoms with van der Waals surface area (Å²) in [5.74, 6) is 1.02. The van der Waals surface area contributed by atoms with E-state index in [2.05, 4.69) is 46.4 Å². The zero-order valence-electron chi connectivity index (χ0n) is 17.4. The van der Waals surface area contributed by atoms with Crippen LogP contribution in [-0.2, 0) is 4.79 Å². The molecular weight excluding hydrogens is 416 g/mol. The second-order valence-electron chi connectivity index (χ2n) is 6.44. The summed E-state index contributed by atoms with van der Waals surface area (Å²) in [4.78, 5) is 15.6. The minimum absolute atomic E-state index is 0.0317. The highest BCUT2D eigenvalue weighted by Gasteiger charge is 2.12. The summed E-state index contributed by atoms with van der Waals surface area (Å²) < 4.78 is 5.75. The maximum Gasteiger partial charge on any atom is 0.276 e. The zero-order valence-corrected chi connectivity index (χ0v) is 19.1. The average Bonchev–Trinajstić information content (AvgIpc) is 3.24. The first-order valence-electron chi connectivity index (χ1n) is 9.89. The van der Waals surface area contributed by atoms with Crippen molar-refractivity contribution in [2.45, 2.75) is 30.4 Å². The average molecular weight is 443 g/mol. The number of carbonyl (C=O) groups is 1. The Balaban J connectivity index is 1.51. The number of para-hydroxylation sites is 1. The predicted octanol–water partition coefficient (Wildman–Crippen LogP) is 5.43. The van der Waals surface area contributed by atoms with E-state index in [4.69, 9.17) is 4.42 Å². The molecule has 0 aliphatic heterocycles. The van der Waals surface area contributed by atoms with E-state index >= 15 is 0 Å². The highest BCUT2D eigenvalue weighted by atomic mass is 32.2. The van der Waals surface area contributed by atoms with Crippen molar-refractivity contribution in [1.29, 1.82) is 0 Å². The van der Waals surface area contributed by atoms with E-state index in [0.29, 0.717) is 23.3 Å². The molecule has 1 aromatic heterocycles. The van der Waals surface area contributed by atoms with Crippen LogP contribution in [0.2, 0.25) is 0 Å². The summed E-state index contributed by atoms with van der Waals surface area (Å²) in [6.07, 6.45) is 2.36. The van der Waals surface area contributed by atoms with Gasteiger partial charge in [0.25, 0.3) is 5.22 Å². The van der Waals surface area contributed by atoms with Crippen LogP contribution in [0.1, 0.15) is 20.3 Å². The van der Waals surface area contributed by atoms with Crippen LogP contribution in [0.3, 0.4) is 0 Å². The number of hydrogen-bond donors (Lipinski definition) is 1. The van der Waals surface area contributed by atoms with Crippen molar-refractivity contribution in [2.75, 3.05) is 35.3 Å². The van der Waals surface area contributed by atoms with E-state index in [9.17, 15) is 4.79 Å². The largest absolute Gasteiger partial charge is 0.411 e. The minimum atomic E-state index is -0.0317. The molecule has 0 radical (unpaired) electrons. The van der Waals surface area contributed by atoms with Crippen LogP contribution in [0, 0.1) is 0 Å². The molecule has 1 N–H and O–H groups in total. The number of amides is 1. The summed E-state index contributed by atoms with van der Waals surface area (Å²) in [5.41, 5.74) is 2.90. The second kappa shape index (κ2) is 11.1. The third kappa shape index (κ3) is 5.79. The molecule has 1 amide bonds. The van der Waals surface area contributed by atoms with Gasteiger partial charge in [-0.3, -0.25) is 4.79 Å². The molecule has 0 saturated heterocycles. The van der Waals surface area contributed by atoms with Crippen molar-refractivity contribution in [2.24, 2.45) is 0 Å². The number of nitrogens with one attached hydrogen (secondary N) is 1. The maximum absolute atomic E-state index is 12.2. The normalized spacial score (nSPS) is 10.8. The SMILES string of the molecule is CCN(CC)c1ccc(-c2nnc(SCCC(=O)Nc3ccccc3SC)o2)cc1. The van der Waals surface area contributed by atoms with Crippen molar-refractivity contribution in [3.8, 4) is 11.5 Å². The first-order valence-corrected chi connectivity index (χ1v) is 12.1. The first-order chi connectivity index (χ1) is 14.6. The molecule has 1 heterocycles. The van der Waals surface area contributed by atoms with Gasteiger partial charge in [-0.2, -0.15) is 0 Å². The van der Waals surface area contributed by atoms with Crippen molar-refractivity contribution in [1.82, 2.24) is 10.2 Å². The van der Waals surface area contributed by atoms with Crippen molar-refractivity contribution in [3.63, 3.8) is 0 Å². The molecule has 0 bridgehead atoms. The first kappa shape index (κ1) is 22.2. The lowest BCUT2D eigenvalue weighted by Gasteiger charge is -2.20. The fraction of sp³-hybridized carbons (Fsp3) is 0.318. The molecule has 0 fully saturated rings. The lowest BCUT2D eigenvalue weighted by atomic mass is 10.2. The number of hydrogen-bond acceptors (Lipinski definition) is 7. The molecule has 0 saturated carbocycles.